The van der Waals surface area contributed by atoms with Crippen LogP contribution in [0.4, 0.5) is 0 Å². The van der Waals surface area contributed by atoms with E-state index in [9.17, 15) is 4.79 Å². The molecule has 1 atom stereocenters. The van der Waals surface area contributed by atoms with E-state index in [1.165, 1.54) is 0 Å². The number of carbonyl (C=O) groups is 1. The van der Waals surface area contributed by atoms with Gasteiger partial charge in [0.25, 0.3) is 0 Å². The first-order valence-corrected chi connectivity index (χ1v) is 5.69. The van der Waals surface area contributed by atoms with E-state index in [0.29, 0.717) is 0 Å². The molecule has 0 aliphatic carbocycles. The molecule has 1 unspecified atom stereocenters. The lowest BCUT2D eigenvalue weighted by Gasteiger charge is -2.27. The Morgan fingerprint density at radius 2 is 2.31 bits per heavy atom. The fourth-order valence-corrected chi connectivity index (χ4v) is 2.20. The SMILES string of the molecule is CNC1C(=O)N(C(C)C)CCc2ccoc21. The molecule has 1 amide bonds. The van der Waals surface area contributed by atoms with Gasteiger partial charge in [-0.2, -0.15) is 0 Å². The third-order valence-corrected chi connectivity index (χ3v) is 3.11. The van der Waals surface area contributed by atoms with Crippen molar-refractivity contribution in [3.05, 3.63) is 23.7 Å². The van der Waals surface area contributed by atoms with Gasteiger partial charge in [0.05, 0.1) is 6.26 Å². The Bertz CT molecular complexity index is 384. The zero-order chi connectivity index (χ0) is 11.7. The van der Waals surface area contributed by atoms with Gasteiger partial charge in [0.1, 0.15) is 11.8 Å². The van der Waals surface area contributed by atoms with Crippen LogP contribution in [0.2, 0.25) is 0 Å². The summed E-state index contributed by atoms with van der Waals surface area (Å²) in [5, 5.41) is 3.04. The number of fused-ring (bicyclic) bond motifs is 1. The predicted octanol–water partition coefficient (Wildman–Crippen LogP) is 1.33. The molecule has 1 aliphatic heterocycles. The molecule has 0 spiro atoms. The van der Waals surface area contributed by atoms with E-state index in [-0.39, 0.29) is 18.0 Å². The number of hydrogen-bond donors (Lipinski definition) is 1. The van der Waals surface area contributed by atoms with Crippen LogP contribution in [0, 0.1) is 0 Å². The van der Waals surface area contributed by atoms with Crippen LogP contribution in [-0.2, 0) is 11.2 Å². The normalized spacial score (nSPS) is 21.1. The summed E-state index contributed by atoms with van der Waals surface area (Å²) in [6.07, 6.45) is 2.53. The Morgan fingerprint density at radius 1 is 1.56 bits per heavy atom. The zero-order valence-corrected chi connectivity index (χ0v) is 9.99. The van der Waals surface area contributed by atoms with Crippen LogP contribution >= 0.6 is 0 Å². The van der Waals surface area contributed by atoms with E-state index in [2.05, 4.69) is 5.32 Å². The minimum atomic E-state index is -0.338. The van der Waals surface area contributed by atoms with Crippen molar-refractivity contribution in [3.8, 4) is 0 Å². The number of hydrogen-bond acceptors (Lipinski definition) is 3. The molecule has 0 aromatic carbocycles. The number of nitrogens with zero attached hydrogens (tertiary/aromatic N) is 1. The van der Waals surface area contributed by atoms with Gasteiger partial charge in [-0.25, -0.2) is 0 Å². The van der Waals surface area contributed by atoms with Crippen LogP contribution in [0.25, 0.3) is 0 Å². The first-order chi connectivity index (χ1) is 7.65. The standard InChI is InChI=1S/C12H18N2O2/c1-8(2)14-6-4-9-5-7-16-11(9)10(13-3)12(14)15/h5,7-8,10,13H,4,6H2,1-3H3. The third kappa shape index (κ3) is 1.73. The highest BCUT2D eigenvalue weighted by Crippen LogP contribution is 2.26. The lowest BCUT2D eigenvalue weighted by molar-refractivity contribution is -0.135. The van der Waals surface area contributed by atoms with E-state index in [4.69, 9.17) is 4.42 Å². The van der Waals surface area contributed by atoms with Gasteiger partial charge in [0.15, 0.2) is 0 Å². The van der Waals surface area contributed by atoms with Gasteiger partial charge in [-0.1, -0.05) is 0 Å². The third-order valence-electron chi connectivity index (χ3n) is 3.11. The Hall–Kier alpha value is -1.29. The number of rotatable bonds is 2. The number of carbonyl (C=O) groups excluding carboxylic acids is 1. The second kappa shape index (κ2) is 4.29. The number of likely N-dealkylation sites (N-methyl/N-ethyl adjacent to an activating group) is 1. The van der Waals surface area contributed by atoms with Crippen LogP contribution in [0.5, 0.6) is 0 Å². The molecule has 4 nitrogen and oxygen atoms in total. The molecule has 1 N–H and O–H groups in total. The maximum atomic E-state index is 12.3. The van der Waals surface area contributed by atoms with Crippen molar-refractivity contribution in [3.63, 3.8) is 0 Å². The summed E-state index contributed by atoms with van der Waals surface area (Å²) in [4.78, 5) is 14.2. The molecule has 88 valence electrons. The van der Waals surface area contributed by atoms with Gasteiger partial charge >= 0.3 is 0 Å². The van der Waals surface area contributed by atoms with Crippen molar-refractivity contribution in [1.82, 2.24) is 10.2 Å². The van der Waals surface area contributed by atoms with Crippen molar-refractivity contribution in [1.29, 1.82) is 0 Å². The summed E-state index contributed by atoms with van der Waals surface area (Å²) in [5.41, 5.74) is 1.14. The van der Waals surface area contributed by atoms with E-state index >= 15 is 0 Å². The number of furan rings is 1. The van der Waals surface area contributed by atoms with Gasteiger partial charge in [-0.05, 0) is 38.9 Å². The average Bonchev–Trinajstić information content (AvgIpc) is 2.63. The van der Waals surface area contributed by atoms with Crippen LogP contribution in [0.1, 0.15) is 31.2 Å². The smallest absolute Gasteiger partial charge is 0.247 e. The fraction of sp³-hybridized carbons (Fsp3) is 0.583. The average molecular weight is 222 g/mol. The molecule has 0 fully saturated rings. The maximum Gasteiger partial charge on any atom is 0.247 e. The van der Waals surface area contributed by atoms with E-state index in [1.807, 2.05) is 24.8 Å². The van der Waals surface area contributed by atoms with E-state index in [0.717, 1.165) is 24.3 Å². The van der Waals surface area contributed by atoms with Crippen molar-refractivity contribution in [2.45, 2.75) is 32.4 Å². The molecule has 4 heteroatoms. The molecular weight excluding hydrogens is 204 g/mol. The lowest BCUT2D eigenvalue weighted by atomic mass is 10.1. The first kappa shape index (κ1) is 11.2. The predicted molar refractivity (Wildman–Crippen MR) is 61.1 cm³/mol. The molecular formula is C12H18N2O2. The van der Waals surface area contributed by atoms with Gasteiger partial charge in [-0.3, -0.25) is 4.79 Å². The van der Waals surface area contributed by atoms with Crippen molar-refractivity contribution in [2.75, 3.05) is 13.6 Å². The zero-order valence-electron chi connectivity index (χ0n) is 9.99. The van der Waals surface area contributed by atoms with Gasteiger partial charge < -0.3 is 14.6 Å². The second-order valence-electron chi connectivity index (χ2n) is 4.41. The van der Waals surface area contributed by atoms with Gasteiger partial charge in [0.2, 0.25) is 5.91 Å². The first-order valence-electron chi connectivity index (χ1n) is 5.69. The molecule has 0 bridgehead atoms. The highest BCUT2D eigenvalue weighted by Gasteiger charge is 2.33. The second-order valence-corrected chi connectivity index (χ2v) is 4.41. The lowest BCUT2D eigenvalue weighted by Crippen LogP contribution is -2.42. The Labute approximate surface area is 95.6 Å². The van der Waals surface area contributed by atoms with Crippen molar-refractivity contribution < 1.29 is 9.21 Å². The van der Waals surface area contributed by atoms with E-state index < -0.39 is 0 Å². The summed E-state index contributed by atoms with van der Waals surface area (Å²) in [7, 11) is 1.79. The molecule has 16 heavy (non-hydrogen) atoms. The summed E-state index contributed by atoms with van der Waals surface area (Å²) >= 11 is 0. The van der Waals surface area contributed by atoms with Crippen LogP contribution in [-0.4, -0.2) is 30.4 Å². The van der Waals surface area contributed by atoms with Crippen LogP contribution in [0.3, 0.4) is 0 Å². The highest BCUT2D eigenvalue weighted by molar-refractivity contribution is 5.83. The van der Waals surface area contributed by atoms with Gasteiger partial charge in [-0.15, -0.1) is 0 Å². The van der Waals surface area contributed by atoms with Crippen molar-refractivity contribution >= 4 is 5.91 Å². The van der Waals surface area contributed by atoms with Crippen LogP contribution < -0.4 is 5.32 Å². The molecule has 1 aliphatic rings. The van der Waals surface area contributed by atoms with Gasteiger partial charge in [0, 0.05) is 12.6 Å². The fourth-order valence-electron chi connectivity index (χ4n) is 2.20. The van der Waals surface area contributed by atoms with E-state index in [1.54, 1.807) is 13.3 Å². The molecule has 1 aromatic rings. The molecule has 0 saturated heterocycles. The largest absolute Gasteiger partial charge is 0.467 e. The molecule has 0 radical (unpaired) electrons. The summed E-state index contributed by atoms with van der Waals surface area (Å²) in [6, 6.07) is 1.85. The minimum Gasteiger partial charge on any atom is -0.467 e. The minimum absolute atomic E-state index is 0.103. The Balaban J connectivity index is 2.35. The molecule has 1 aromatic heterocycles. The molecule has 0 saturated carbocycles. The summed E-state index contributed by atoms with van der Waals surface area (Å²) in [5.74, 6) is 0.877. The maximum absolute atomic E-state index is 12.3. The Kier molecular flexibility index (Phi) is 3.01. The topological polar surface area (TPSA) is 45.5 Å². The molecule has 2 heterocycles. The highest BCUT2D eigenvalue weighted by atomic mass is 16.3. The number of nitrogens with one attached hydrogen (secondary N) is 1. The Morgan fingerprint density at radius 3 is 2.94 bits per heavy atom. The van der Waals surface area contributed by atoms with Crippen LogP contribution in [0.15, 0.2) is 16.7 Å². The van der Waals surface area contributed by atoms with Crippen molar-refractivity contribution in [2.24, 2.45) is 0 Å². The number of amides is 1. The quantitative estimate of drug-likeness (QED) is 0.821. The monoisotopic (exact) mass is 222 g/mol. The molecule has 2 rings (SSSR count). The summed E-state index contributed by atoms with van der Waals surface area (Å²) < 4.78 is 5.43. The summed E-state index contributed by atoms with van der Waals surface area (Å²) in [6.45, 7) is 4.84.